The molecule has 3 aromatic rings. The molecule has 7 nitrogen and oxygen atoms in total. The molecule has 0 spiro atoms. The lowest BCUT2D eigenvalue weighted by Crippen LogP contribution is -2.50. The summed E-state index contributed by atoms with van der Waals surface area (Å²) in [6.45, 7) is 3.13. The summed E-state index contributed by atoms with van der Waals surface area (Å²) in [6, 6.07) is 12.0. The first-order valence-corrected chi connectivity index (χ1v) is 11.0. The van der Waals surface area contributed by atoms with Gasteiger partial charge in [0.15, 0.2) is 5.60 Å². The Balaban J connectivity index is 1.99. The minimum atomic E-state index is -5.03. The normalized spacial score (nSPS) is 14.0. The Hall–Kier alpha value is -3.37. The van der Waals surface area contributed by atoms with Gasteiger partial charge in [-0.05, 0) is 47.7 Å². The van der Waals surface area contributed by atoms with Crippen LogP contribution in [0.2, 0.25) is 5.02 Å². The van der Waals surface area contributed by atoms with Crippen LogP contribution < -0.4 is 9.47 Å². The molecule has 1 aromatic heterocycles. The lowest BCUT2D eigenvalue weighted by atomic mass is 9.75. The molecular weight excluding hydrogens is 501 g/mol. The van der Waals surface area contributed by atoms with E-state index < -0.39 is 29.8 Å². The van der Waals surface area contributed by atoms with Crippen LogP contribution in [0.3, 0.4) is 0 Å². The van der Waals surface area contributed by atoms with Gasteiger partial charge < -0.3 is 19.3 Å². The number of rotatable bonds is 7. The van der Waals surface area contributed by atoms with Crippen molar-refractivity contribution in [3.05, 3.63) is 59.1 Å². The fourth-order valence-electron chi connectivity index (χ4n) is 3.81. The van der Waals surface area contributed by atoms with Crippen LogP contribution in [0, 0.1) is 0 Å². The van der Waals surface area contributed by atoms with Crippen molar-refractivity contribution < 1.29 is 37.3 Å². The summed E-state index contributed by atoms with van der Waals surface area (Å²) < 4.78 is 57.1. The molecule has 1 heterocycles. The second-order valence-electron chi connectivity index (χ2n) is 8.63. The van der Waals surface area contributed by atoms with Crippen molar-refractivity contribution in [2.45, 2.75) is 37.5 Å². The smallest absolute Gasteiger partial charge is 0.496 e. The zero-order valence-electron chi connectivity index (χ0n) is 19.9. The fraction of sp³-hybridized carbons (Fsp3) is 0.320. The van der Waals surface area contributed by atoms with Gasteiger partial charge in [-0.1, -0.05) is 37.6 Å². The molecule has 3 rings (SSSR count). The molecule has 0 saturated heterocycles. The van der Waals surface area contributed by atoms with E-state index in [1.165, 1.54) is 37.4 Å². The van der Waals surface area contributed by atoms with E-state index in [4.69, 9.17) is 21.1 Å². The van der Waals surface area contributed by atoms with Gasteiger partial charge in [-0.25, -0.2) is 9.78 Å². The van der Waals surface area contributed by atoms with Crippen molar-refractivity contribution in [2.24, 2.45) is 4.99 Å². The Morgan fingerprint density at radius 3 is 2.50 bits per heavy atom. The Bertz CT molecular complexity index is 1300. The first kappa shape index (κ1) is 27.2. The minimum Gasteiger partial charge on any atom is -0.496 e. The number of hydrogen-bond donors (Lipinski definition) is 1. The number of aromatic nitrogens is 1. The Morgan fingerprint density at radius 1 is 1.14 bits per heavy atom. The largest absolute Gasteiger partial charge is 0.514 e. The molecule has 0 radical (unpaired) electrons. The lowest BCUT2D eigenvalue weighted by molar-refractivity contribution is -0.234. The van der Waals surface area contributed by atoms with Gasteiger partial charge in [0.2, 0.25) is 5.88 Å². The molecule has 0 fully saturated rings. The molecule has 11 heteroatoms. The van der Waals surface area contributed by atoms with Crippen LogP contribution in [0.15, 0.2) is 53.5 Å². The van der Waals surface area contributed by atoms with Gasteiger partial charge in [-0.15, -0.1) is 0 Å². The Labute approximate surface area is 210 Å². The predicted molar refractivity (Wildman–Crippen MR) is 130 cm³/mol. The van der Waals surface area contributed by atoms with Gasteiger partial charge >= 0.3 is 12.3 Å². The van der Waals surface area contributed by atoms with Crippen LogP contribution in [0.5, 0.6) is 11.6 Å². The molecule has 1 unspecified atom stereocenters. The molecule has 0 aliphatic rings. The second kappa shape index (κ2) is 10.3. The van der Waals surface area contributed by atoms with E-state index >= 15 is 0 Å². The number of pyridine rings is 1. The number of carbonyl (C=O) groups is 1. The van der Waals surface area contributed by atoms with E-state index in [1.54, 1.807) is 32.0 Å². The summed E-state index contributed by atoms with van der Waals surface area (Å²) in [5.41, 5.74) is -3.57. The average molecular weight is 525 g/mol. The van der Waals surface area contributed by atoms with Crippen LogP contribution in [0.1, 0.15) is 25.8 Å². The number of hydrogen-bond acceptors (Lipinski definition) is 7. The first-order chi connectivity index (χ1) is 16.8. The maximum atomic E-state index is 14.2. The van der Waals surface area contributed by atoms with Crippen LogP contribution in [-0.4, -0.2) is 48.5 Å². The molecule has 1 N–H and O–H groups in total. The summed E-state index contributed by atoms with van der Waals surface area (Å²) in [7, 11) is 2.53. The zero-order valence-corrected chi connectivity index (χ0v) is 20.6. The third kappa shape index (κ3) is 5.88. The van der Waals surface area contributed by atoms with Crippen molar-refractivity contribution >= 4 is 40.6 Å². The lowest BCUT2D eigenvalue weighted by Gasteiger charge is -2.36. The van der Waals surface area contributed by atoms with Crippen molar-refractivity contribution in [1.29, 1.82) is 0 Å². The van der Waals surface area contributed by atoms with E-state index in [0.29, 0.717) is 33.5 Å². The number of ether oxygens (including phenoxy) is 3. The SMILES string of the molecule is COC(=O)Oc1ccc2c(N=CC(O)(CC(C)(C)c3ccc(Cl)cc3OC)C(F)(F)F)cccc2n1. The van der Waals surface area contributed by atoms with Crippen LogP contribution in [0.4, 0.5) is 23.7 Å². The maximum Gasteiger partial charge on any atom is 0.514 e. The molecule has 2 aromatic carbocycles. The van der Waals surface area contributed by atoms with Gasteiger partial charge in [0, 0.05) is 22.7 Å². The van der Waals surface area contributed by atoms with Gasteiger partial charge in [0.25, 0.3) is 0 Å². The molecule has 1 atom stereocenters. The van der Waals surface area contributed by atoms with Gasteiger partial charge in [-0.3, -0.25) is 4.99 Å². The van der Waals surface area contributed by atoms with Crippen molar-refractivity contribution in [3.63, 3.8) is 0 Å². The first-order valence-electron chi connectivity index (χ1n) is 10.6. The number of aliphatic imine (C=N–C) groups is 1. The average Bonchev–Trinajstić information content (AvgIpc) is 2.81. The van der Waals surface area contributed by atoms with E-state index in [2.05, 4.69) is 14.7 Å². The third-order valence-electron chi connectivity index (χ3n) is 5.55. The summed E-state index contributed by atoms with van der Waals surface area (Å²) in [5, 5.41) is 11.6. The van der Waals surface area contributed by atoms with E-state index in [9.17, 15) is 23.1 Å². The number of nitrogens with zero attached hydrogens (tertiary/aromatic N) is 2. The molecule has 0 amide bonds. The van der Waals surface area contributed by atoms with E-state index in [-0.39, 0.29) is 11.6 Å². The molecule has 0 aliphatic carbocycles. The number of halogens is 4. The summed E-state index contributed by atoms with van der Waals surface area (Å²) in [6.07, 6.45) is -6.25. The van der Waals surface area contributed by atoms with Crippen molar-refractivity contribution in [2.75, 3.05) is 14.2 Å². The fourth-order valence-corrected chi connectivity index (χ4v) is 3.97. The third-order valence-corrected chi connectivity index (χ3v) is 5.79. The maximum absolute atomic E-state index is 14.2. The number of aliphatic hydroxyl groups is 1. The number of carbonyl (C=O) groups excluding carboxylic acids is 1. The Kier molecular flexibility index (Phi) is 7.80. The molecular formula is C25H24ClF3N2O5. The number of benzene rings is 2. The Morgan fingerprint density at radius 2 is 1.86 bits per heavy atom. The topological polar surface area (TPSA) is 90.2 Å². The van der Waals surface area contributed by atoms with Gasteiger partial charge in [0.05, 0.1) is 25.4 Å². The summed E-state index contributed by atoms with van der Waals surface area (Å²) in [4.78, 5) is 19.4. The van der Waals surface area contributed by atoms with Crippen LogP contribution >= 0.6 is 11.6 Å². The van der Waals surface area contributed by atoms with Gasteiger partial charge in [-0.2, -0.15) is 13.2 Å². The number of methoxy groups -OCH3 is 2. The summed E-state index contributed by atoms with van der Waals surface area (Å²) >= 11 is 5.99. The molecule has 0 saturated carbocycles. The van der Waals surface area contributed by atoms with Crippen LogP contribution in [0.25, 0.3) is 10.9 Å². The highest BCUT2D eigenvalue weighted by molar-refractivity contribution is 6.30. The zero-order chi connectivity index (χ0) is 26.7. The standard InChI is InChI=1S/C25H24ClF3N2O5/c1-23(2,17-10-8-15(26)12-20(17)34-3)13-24(33,25(27,28)29)14-30-18-6-5-7-19-16(18)9-11-21(31-19)36-22(32)35-4/h5-12,14,33H,13H2,1-4H3. The monoisotopic (exact) mass is 524 g/mol. The highest BCUT2D eigenvalue weighted by atomic mass is 35.5. The number of fused-ring (bicyclic) bond motifs is 1. The van der Waals surface area contributed by atoms with E-state index in [1.807, 2.05) is 0 Å². The summed E-state index contributed by atoms with van der Waals surface area (Å²) in [5.74, 6) is 0.250. The predicted octanol–water partition coefficient (Wildman–Crippen LogP) is 6.41. The number of alkyl halides is 3. The van der Waals surface area contributed by atoms with Crippen molar-refractivity contribution in [1.82, 2.24) is 4.98 Å². The highest BCUT2D eigenvalue weighted by Gasteiger charge is 2.55. The quantitative estimate of drug-likeness (QED) is 0.284. The highest BCUT2D eigenvalue weighted by Crippen LogP contribution is 2.43. The van der Waals surface area contributed by atoms with Gasteiger partial charge in [0.1, 0.15) is 5.75 Å². The molecule has 0 bridgehead atoms. The molecule has 192 valence electrons. The molecule has 0 aliphatic heterocycles. The minimum absolute atomic E-state index is 0.0547. The second-order valence-corrected chi connectivity index (χ2v) is 9.07. The van der Waals surface area contributed by atoms with Crippen LogP contribution in [-0.2, 0) is 10.2 Å². The molecule has 36 heavy (non-hydrogen) atoms. The van der Waals surface area contributed by atoms with E-state index in [0.717, 1.165) is 7.11 Å². The van der Waals surface area contributed by atoms with Crippen molar-refractivity contribution in [3.8, 4) is 11.6 Å².